The first-order valence-corrected chi connectivity index (χ1v) is 10.3. The minimum atomic E-state index is -0.672. The maximum Gasteiger partial charge on any atom is 0.239 e. The molecule has 0 bridgehead atoms. The Morgan fingerprint density at radius 2 is 1.61 bits per heavy atom. The van der Waals surface area contributed by atoms with E-state index in [4.69, 9.17) is 0 Å². The van der Waals surface area contributed by atoms with E-state index in [2.05, 4.69) is 46.4 Å². The number of halogens is 1. The maximum atomic E-state index is 13.7. The van der Waals surface area contributed by atoms with E-state index in [0.717, 1.165) is 27.0 Å². The highest BCUT2D eigenvalue weighted by Gasteiger charge is 2.54. The lowest BCUT2D eigenvalue weighted by Gasteiger charge is -2.37. The van der Waals surface area contributed by atoms with E-state index < -0.39 is 5.41 Å². The Morgan fingerprint density at radius 3 is 2.29 bits per heavy atom. The number of nitrogens with zero attached hydrogens (tertiary/aromatic N) is 1. The van der Waals surface area contributed by atoms with E-state index in [1.165, 1.54) is 0 Å². The van der Waals surface area contributed by atoms with E-state index in [1.54, 1.807) is 4.90 Å². The van der Waals surface area contributed by atoms with Crippen molar-refractivity contribution in [1.82, 2.24) is 0 Å². The molecule has 1 aliphatic heterocycles. The van der Waals surface area contributed by atoms with Gasteiger partial charge < -0.3 is 10.2 Å². The number of para-hydroxylation sites is 2. The fourth-order valence-electron chi connectivity index (χ4n) is 4.34. The molecule has 28 heavy (non-hydrogen) atoms. The number of likely N-dealkylation sites (N-methyl/N-ethyl adjacent to an activating group) is 1. The van der Waals surface area contributed by atoms with Crippen LogP contribution in [0.3, 0.4) is 0 Å². The van der Waals surface area contributed by atoms with Gasteiger partial charge in [-0.1, -0.05) is 71.4 Å². The van der Waals surface area contributed by atoms with Gasteiger partial charge in [-0.2, -0.15) is 0 Å². The molecule has 4 rings (SSSR count). The SMILES string of the molecule is CC[C@@]1([C@@H](Nc2ccccc2)c2ccc(Br)cc2)C(=O)N(C)c2ccccc21. The number of nitrogens with one attached hydrogen (secondary N) is 1. The molecule has 0 fully saturated rings. The highest BCUT2D eigenvalue weighted by atomic mass is 79.9. The molecule has 1 heterocycles. The maximum absolute atomic E-state index is 13.7. The van der Waals surface area contributed by atoms with Gasteiger partial charge in [0.25, 0.3) is 0 Å². The number of benzene rings is 3. The standard InChI is InChI=1S/C24H23BrN2O/c1-3-24(20-11-7-8-12-21(20)27(2)23(24)28)22(17-13-15-18(25)16-14-17)26-19-9-5-4-6-10-19/h4-16,22,26H,3H2,1-2H3/t22-,24+/m0/s1. The van der Waals surface area contributed by atoms with Crippen LogP contribution in [0, 0.1) is 0 Å². The first-order valence-electron chi connectivity index (χ1n) is 9.52. The molecule has 0 aliphatic carbocycles. The molecule has 0 aromatic heterocycles. The number of carbonyl (C=O) groups excluding carboxylic acids is 1. The van der Waals surface area contributed by atoms with Crippen molar-refractivity contribution in [3.63, 3.8) is 0 Å². The van der Waals surface area contributed by atoms with Crippen LogP contribution in [0.1, 0.15) is 30.5 Å². The van der Waals surface area contributed by atoms with Gasteiger partial charge in [-0.05, 0) is 47.9 Å². The average Bonchev–Trinajstić information content (AvgIpc) is 2.96. The zero-order chi connectivity index (χ0) is 19.7. The van der Waals surface area contributed by atoms with Crippen molar-refractivity contribution in [2.24, 2.45) is 0 Å². The summed E-state index contributed by atoms with van der Waals surface area (Å²) in [4.78, 5) is 15.5. The topological polar surface area (TPSA) is 32.3 Å². The molecule has 3 nitrogen and oxygen atoms in total. The second-order valence-corrected chi connectivity index (χ2v) is 8.12. The number of hydrogen-bond donors (Lipinski definition) is 1. The lowest BCUT2D eigenvalue weighted by molar-refractivity contribution is -0.123. The largest absolute Gasteiger partial charge is 0.377 e. The highest BCUT2D eigenvalue weighted by Crippen LogP contribution is 2.51. The Kier molecular flexibility index (Phi) is 4.98. The Morgan fingerprint density at radius 1 is 0.964 bits per heavy atom. The molecule has 1 amide bonds. The Hall–Kier alpha value is -2.59. The molecule has 2 atom stereocenters. The van der Waals surface area contributed by atoms with Crippen LogP contribution >= 0.6 is 15.9 Å². The third-order valence-electron chi connectivity index (χ3n) is 5.77. The summed E-state index contributed by atoms with van der Waals surface area (Å²) in [6.07, 6.45) is 0.702. The van der Waals surface area contributed by atoms with Gasteiger partial charge in [0.15, 0.2) is 0 Å². The van der Waals surface area contributed by atoms with E-state index >= 15 is 0 Å². The molecule has 0 spiro atoms. The molecule has 0 radical (unpaired) electrons. The monoisotopic (exact) mass is 434 g/mol. The number of anilines is 2. The number of rotatable bonds is 5. The van der Waals surface area contributed by atoms with Gasteiger partial charge in [-0.3, -0.25) is 4.79 Å². The molecule has 142 valence electrons. The summed E-state index contributed by atoms with van der Waals surface area (Å²) in [6.45, 7) is 2.10. The lowest BCUT2D eigenvalue weighted by atomic mass is 9.70. The zero-order valence-electron chi connectivity index (χ0n) is 16.0. The lowest BCUT2D eigenvalue weighted by Crippen LogP contribution is -2.45. The number of fused-ring (bicyclic) bond motifs is 1. The first kappa shape index (κ1) is 18.8. The van der Waals surface area contributed by atoms with Crippen LogP contribution < -0.4 is 10.2 Å². The molecular formula is C24H23BrN2O. The van der Waals surface area contributed by atoms with Gasteiger partial charge >= 0.3 is 0 Å². The summed E-state index contributed by atoms with van der Waals surface area (Å²) >= 11 is 3.53. The van der Waals surface area contributed by atoms with E-state index in [-0.39, 0.29) is 11.9 Å². The van der Waals surface area contributed by atoms with Crippen molar-refractivity contribution < 1.29 is 4.79 Å². The predicted octanol–water partition coefficient (Wildman–Crippen LogP) is 5.93. The van der Waals surface area contributed by atoms with Crippen LogP contribution in [0.5, 0.6) is 0 Å². The molecule has 0 saturated heterocycles. The van der Waals surface area contributed by atoms with Gasteiger partial charge in [-0.15, -0.1) is 0 Å². The van der Waals surface area contributed by atoms with Gasteiger partial charge in [0.2, 0.25) is 5.91 Å². The van der Waals surface area contributed by atoms with Crippen LogP contribution in [0.2, 0.25) is 0 Å². The van der Waals surface area contributed by atoms with E-state index in [0.29, 0.717) is 6.42 Å². The number of hydrogen-bond acceptors (Lipinski definition) is 2. The number of amides is 1. The summed E-state index contributed by atoms with van der Waals surface area (Å²) < 4.78 is 1.02. The van der Waals surface area contributed by atoms with Crippen LogP contribution in [-0.4, -0.2) is 13.0 Å². The fraction of sp³-hybridized carbons (Fsp3) is 0.208. The summed E-state index contributed by atoms with van der Waals surface area (Å²) in [5.74, 6) is 0.132. The molecular weight excluding hydrogens is 412 g/mol. The van der Waals surface area contributed by atoms with Crippen molar-refractivity contribution in [1.29, 1.82) is 0 Å². The van der Waals surface area contributed by atoms with Crippen molar-refractivity contribution in [3.8, 4) is 0 Å². The van der Waals surface area contributed by atoms with Crippen LogP contribution in [0.4, 0.5) is 11.4 Å². The van der Waals surface area contributed by atoms with Crippen molar-refractivity contribution in [3.05, 3.63) is 94.5 Å². The minimum absolute atomic E-state index is 0.132. The minimum Gasteiger partial charge on any atom is -0.377 e. The second kappa shape index (κ2) is 7.44. The smallest absolute Gasteiger partial charge is 0.239 e. The summed E-state index contributed by atoms with van der Waals surface area (Å²) in [7, 11) is 1.87. The Balaban J connectivity index is 1.91. The third kappa shape index (κ3) is 2.92. The normalized spacial score (nSPS) is 19.4. The summed E-state index contributed by atoms with van der Waals surface area (Å²) in [6, 6.07) is 26.3. The quantitative estimate of drug-likeness (QED) is 0.539. The van der Waals surface area contributed by atoms with Crippen LogP contribution in [-0.2, 0) is 10.2 Å². The van der Waals surface area contributed by atoms with Gasteiger partial charge in [-0.25, -0.2) is 0 Å². The Labute approximate surface area is 174 Å². The van der Waals surface area contributed by atoms with E-state index in [1.807, 2.05) is 67.7 Å². The molecule has 1 N–H and O–H groups in total. The molecule has 4 heteroatoms. The van der Waals surface area contributed by atoms with Crippen molar-refractivity contribution >= 4 is 33.2 Å². The number of carbonyl (C=O) groups is 1. The van der Waals surface area contributed by atoms with Crippen LogP contribution in [0.15, 0.2) is 83.3 Å². The molecule has 1 aliphatic rings. The highest BCUT2D eigenvalue weighted by molar-refractivity contribution is 9.10. The molecule has 0 saturated carbocycles. The molecule has 3 aromatic carbocycles. The first-order chi connectivity index (χ1) is 13.6. The van der Waals surface area contributed by atoms with E-state index in [9.17, 15) is 4.79 Å². The van der Waals surface area contributed by atoms with Crippen molar-refractivity contribution in [2.75, 3.05) is 17.3 Å². The molecule has 0 unspecified atom stereocenters. The fourth-order valence-corrected chi connectivity index (χ4v) is 4.60. The van der Waals surface area contributed by atoms with Gasteiger partial charge in [0, 0.05) is 22.9 Å². The summed E-state index contributed by atoms with van der Waals surface area (Å²) in [5.41, 5.74) is 3.50. The zero-order valence-corrected chi connectivity index (χ0v) is 17.6. The molecule has 3 aromatic rings. The second-order valence-electron chi connectivity index (χ2n) is 7.20. The van der Waals surface area contributed by atoms with Crippen LogP contribution in [0.25, 0.3) is 0 Å². The predicted molar refractivity (Wildman–Crippen MR) is 119 cm³/mol. The van der Waals surface area contributed by atoms with Gasteiger partial charge in [0.1, 0.15) is 5.41 Å². The average molecular weight is 435 g/mol. The Bertz CT molecular complexity index is 987. The van der Waals surface area contributed by atoms with Gasteiger partial charge in [0.05, 0.1) is 6.04 Å². The third-order valence-corrected chi connectivity index (χ3v) is 6.30. The summed E-state index contributed by atoms with van der Waals surface area (Å²) in [5, 5.41) is 3.68. The van der Waals surface area contributed by atoms with Crippen molar-refractivity contribution in [2.45, 2.75) is 24.8 Å².